The molecule has 8 heteroatoms. The fraction of sp³-hybridized carbons (Fsp3) is 0.200. The van der Waals surface area contributed by atoms with Crippen LogP contribution in [-0.2, 0) is 13.1 Å². The Bertz CT molecular complexity index is 1360. The van der Waals surface area contributed by atoms with Crippen LogP contribution in [0.1, 0.15) is 27.0 Å². The summed E-state index contributed by atoms with van der Waals surface area (Å²) >= 11 is 0. The van der Waals surface area contributed by atoms with Gasteiger partial charge in [-0.15, -0.1) is 0 Å². The third-order valence-corrected chi connectivity index (χ3v) is 5.36. The average molecular weight is 441 g/mol. The van der Waals surface area contributed by atoms with Gasteiger partial charge in [-0.05, 0) is 35.9 Å². The predicted octanol–water partition coefficient (Wildman–Crippen LogP) is 3.64. The smallest absolute Gasteiger partial charge is 0.255 e. The van der Waals surface area contributed by atoms with Gasteiger partial charge < -0.3 is 14.4 Å². The second-order valence-corrected chi connectivity index (χ2v) is 7.59. The lowest BCUT2D eigenvalue weighted by Gasteiger charge is -2.17. The van der Waals surface area contributed by atoms with Gasteiger partial charge in [0.1, 0.15) is 11.5 Å². The Hall–Kier alpha value is -4.38. The Morgan fingerprint density at radius 3 is 2.73 bits per heavy atom. The number of rotatable bonds is 7. The molecule has 0 saturated carbocycles. The highest BCUT2D eigenvalue weighted by Crippen LogP contribution is 2.26. The molecule has 1 amide bonds. The number of nitriles is 1. The highest BCUT2D eigenvalue weighted by atomic mass is 16.5. The highest BCUT2D eigenvalue weighted by Gasteiger charge is 2.16. The number of carbonyl (C=O) groups excluding carboxylic acids is 1. The first kappa shape index (κ1) is 21.8. The maximum Gasteiger partial charge on any atom is 0.255 e. The molecule has 2 aromatic heterocycles. The number of aromatic nitrogens is 3. The molecule has 2 heterocycles. The zero-order valence-corrected chi connectivity index (χ0v) is 18.6. The summed E-state index contributed by atoms with van der Waals surface area (Å²) in [6.07, 6.45) is 3.27. The SMILES string of the molecule is COc1ccc(Cn2ncc3cc(C(=O)N(C)Cc4cccc(C#N)c4)cnc32)c(OC)c1. The molecule has 0 N–H and O–H groups in total. The van der Waals surface area contributed by atoms with Crippen molar-refractivity contribution in [3.05, 3.63) is 83.2 Å². The van der Waals surface area contributed by atoms with E-state index < -0.39 is 0 Å². The molecule has 2 aromatic carbocycles. The number of ether oxygens (including phenoxy) is 2. The number of fused-ring (bicyclic) bond motifs is 1. The quantitative estimate of drug-likeness (QED) is 0.435. The van der Waals surface area contributed by atoms with Gasteiger partial charge in [0.15, 0.2) is 5.65 Å². The minimum atomic E-state index is -0.156. The first-order valence-electron chi connectivity index (χ1n) is 10.3. The van der Waals surface area contributed by atoms with Crippen LogP contribution in [-0.4, -0.2) is 46.8 Å². The van der Waals surface area contributed by atoms with Gasteiger partial charge in [-0.2, -0.15) is 10.4 Å². The largest absolute Gasteiger partial charge is 0.497 e. The van der Waals surface area contributed by atoms with Crippen molar-refractivity contribution >= 4 is 16.9 Å². The van der Waals surface area contributed by atoms with Crippen molar-refractivity contribution < 1.29 is 14.3 Å². The van der Waals surface area contributed by atoms with Crippen molar-refractivity contribution in [2.75, 3.05) is 21.3 Å². The standard InChI is InChI=1S/C25H23N5O3/c1-29(15-18-6-4-5-17(9-18)12-26)25(31)21-10-20-14-28-30(24(20)27-13-21)16-19-7-8-22(32-2)11-23(19)33-3/h4-11,13-14H,15-16H2,1-3H3. The van der Waals surface area contributed by atoms with Crippen molar-refractivity contribution in [1.82, 2.24) is 19.7 Å². The highest BCUT2D eigenvalue weighted by molar-refractivity contribution is 5.96. The van der Waals surface area contributed by atoms with Crippen LogP contribution in [0.15, 0.2) is 60.9 Å². The number of carbonyl (C=O) groups is 1. The second kappa shape index (κ2) is 9.40. The fourth-order valence-electron chi connectivity index (χ4n) is 3.65. The van der Waals surface area contributed by atoms with Crippen molar-refractivity contribution in [1.29, 1.82) is 5.26 Å². The van der Waals surface area contributed by atoms with Gasteiger partial charge in [-0.1, -0.05) is 12.1 Å². The Balaban J connectivity index is 1.54. The number of pyridine rings is 1. The molecule has 0 bridgehead atoms. The lowest BCUT2D eigenvalue weighted by Crippen LogP contribution is -2.26. The van der Waals surface area contributed by atoms with Crippen LogP contribution in [0, 0.1) is 11.3 Å². The molecule has 0 aliphatic rings. The van der Waals surface area contributed by atoms with Crippen LogP contribution in [0.3, 0.4) is 0 Å². The molecule has 8 nitrogen and oxygen atoms in total. The Kier molecular flexibility index (Phi) is 6.22. The van der Waals surface area contributed by atoms with E-state index in [2.05, 4.69) is 16.2 Å². The molecular weight excluding hydrogens is 418 g/mol. The van der Waals surface area contributed by atoms with Gasteiger partial charge in [-0.3, -0.25) is 4.79 Å². The van der Waals surface area contributed by atoms with E-state index >= 15 is 0 Å². The van der Waals surface area contributed by atoms with E-state index in [1.807, 2.05) is 30.3 Å². The maximum atomic E-state index is 13.0. The summed E-state index contributed by atoms with van der Waals surface area (Å²) in [6.45, 7) is 0.856. The third kappa shape index (κ3) is 4.62. The van der Waals surface area contributed by atoms with Crippen LogP contribution < -0.4 is 9.47 Å². The van der Waals surface area contributed by atoms with E-state index in [0.717, 1.165) is 16.5 Å². The average Bonchev–Trinajstić information content (AvgIpc) is 3.25. The van der Waals surface area contributed by atoms with Crippen molar-refractivity contribution in [3.63, 3.8) is 0 Å². The fourth-order valence-corrected chi connectivity index (χ4v) is 3.65. The van der Waals surface area contributed by atoms with Gasteiger partial charge >= 0.3 is 0 Å². The normalized spacial score (nSPS) is 10.6. The summed E-state index contributed by atoms with van der Waals surface area (Å²) in [6, 6.07) is 16.8. The Labute approximate surface area is 191 Å². The van der Waals surface area contributed by atoms with Gasteiger partial charge in [0.2, 0.25) is 0 Å². The molecule has 166 valence electrons. The molecular formula is C25H23N5O3. The van der Waals surface area contributed by atoms with Crippen molar-refractivity contribution in [2.24, 2.45) is 0 Å². The molecule has 4 aromatic rings. The summed E-state index contributed by atoms with van der Waals surface area (Å²) in [5.41, 5.74) is 3.54. The summed E-state index contributed by atoms with van der Waals surface area (Å²) in [5.74, 6) is 1.26. The first-order valence-corrected chi connectivity index (χ1v) is 10.3. The molecule has 0 saturated heterocycles. The Morgan fingerprint density at radius 1 is 1.12 bits per heavy atom. The van der Waals surface area contributed by atoms with Crippen LogP contribution in [0.2, 0.25) is 0 Å². The second-order valence-electron chi connectivity index (χ2n) is 7.59. The number of hydrogen-bond donors (Lipinski definition) is 0. The van der Waals surface area contributed by atoms with E-state index in [0.29, 0.717) is 41.4 Å². The topological polar surface area (TPSA) is 93.3 Å². The van der Waals surface area contributed by atoms with Crippen molar-refractivity contribution in [3.8, 4) is 17.6 Å². The van der Waals surface area contributed by atoms with E-state index in [9.17, 15) is 4.79 Å². The molecule has 0 atom stereocenters. The summed E-state index contributed by atoms with van der Waals surface area (Å²) in [7, 11) is 4.95. The van der Waals surface area contributed by atoms with Gasteiger partial charge in [0.25, 0.3) is 5.91 Å². The van der Waals surface area contributed by atoms with Gasteiger partial charge in [0, 0.05) is 36.8 Å². The molecule has 0 fully saturated rings. The first-order chi connectivity index (χ1) is 16.0. The van der Waals surface area contributed by atoms with Crippen LogP contribution in [0.25, 0.3) is 11.0 Å². The van der Waals surface area contributed by atoms with Gasteiger partial charge in [-0.25, -0.2) is 9.67 Å². The zero-order valence-electron chi connectivity index (χ0n) is 18.6. The van der Waals surface area contributed by atoms with E-state index in [-0.39, 0.29) is 5.91 Å². The van der Waals surface area contributed by atoms with E-state index in [1.54, 1.807) is 61.4 Å². The monoisotopic (exact) mass is 441 g/mol. The van der Waals surface area contributed by atoms with Crippen LogP contribution in [0.5, 0.6) is 11.5 Å². The van der Waals surface area contributed by atoms with E-state index in [1.165, 1.54) is 0 Å². The van der Waals surface area contributed by atoms with Crippen molar-refractivity contribution in [2.45, 2.75) is 13.1 Å². The minimum Gasteiger partial charge on any atom is -0.497 e. The third-order valence-electron chi connectivity index (χ3n) is 5.36. The molecule has 4 rings (SSSR count). The Morgan fingerprint density at radius 2 is 1.97 bits per heavy atom. The predicted molar refractivity (Wildman–Crippen MR) is 123 cm³/mol. The lowest BCUT2D eigenvalue weighted by molar-refractivity contribution is 0.0785. The molecule has 0 spiro atoms. The number of benzene rings is 2. The van der Waals surface area contributed by atoms with E-state index in [4.69, 9.17) is 14.7 Å². The number of nitrogens with zero attached hydrogens (tertiary/aromatic N) is 5. The zero-order chi connectivity index (χ0) is 23.4. The molecule has 0 unspecified atom stereocenters. The van der Waals surface area contributed by atoms with Crippen LogP contribution in [0.4, 0.5) is 0 Å². The number of methoxy groups -OCH3 is 2. The van der Waals surface area contributed by atoms with Gasteiger partial charge in [0.05, 0.1) is 44.2 Å². The lowest BCUT2D eigenvalue weighted by atomic mass is 10.1. The summed E-state index contributed by atoms with van der Waals surface area (Å²) < 4.78 is 12.5. The maximum absolute atomic E-state index is 13.0. The minimum absolute atomic E-state index is 0.156. The summed E-state index contributed by atoms with van der Waals surface area (Å²) in [4.78, 5) is 19.1. The molecule has 0 radical (unpaired) electrons. The molecule has 0 aliphatic carbocycles. The summed E-state index contributed by atoms with van der Waals surface area (Å²) in [5, 5.41) is 14.3. The molecule has 0 aliphatic heterocycles. The number of amides is 1. The molecule has 33 heavy (non-hydrogen) atoms. The number of hydrogen-bond acceptors (Lipinski definition) is 6. The van der Waals surface area contributed by atoms with Crippen LogP contribution >= 0.6 is 0 Å².